The summed E-state index contributed by atoms with van der Waals surface area (Å²) < 4.78 is 28.1. The molecule has 12 nitrogen and oxygen atoms in total. The number of anilines is 1. The number of nitrogens with one attached hydrogen (secondary N) is 1. The van der Waals surface area contributed by atoms with E-state index in [2.05, 4.69) is 22.1 Å². The van der Waals surface area contributed by atoms with Crippen molar-refractivity contribution in [3.63, 3.8) is 0 Å². The predicted octanol–water partition coefficient (Wildman–Crippen LogP) is 0.420. The van der Waals surface area contributed by atoms with Gasteiger partial charge < -0.3 is 10.3 Å². The number of aromatic nitrogens is 4. The van der Waals surface area contributed by atoms with Crippen LogP contribution in [-0.2, 0) is 39.4 Å². The number of fused-ring (bicyclic) bond motifs is 1. The molecule has 2 aliphatic rings. The number of rotatable bonds is 8. The summed E-state index contributed by atoms with van der Waals surface area (Å²) in [4.78, 5) is 55.0. The average molecular weight is 567 g/mol. The first-order chi connectivity index (χ1) is 18.8. The monoisotopic (exact) mass is 566 g/mol. The molecule has 13 heteroatoms. The van der Waals surface area contributed by atoms with Crippen molar-refractivity contribution in [1.82, 2.24) is 18.8 Å². The Bertz CT molecular complexity index is 1800. The number of hydrogen-bond donors (Lipinski definition) is 1. The molecule has 210 valence electrons. The van der Waals surface area contributed by atoms with E-state index in [9.17, 15) is 27.6 Å². The van der Waals surface area contributed by atoms with E-state index in [1.165, 1.54) is 12.1 Å². The van der Waals surface area contributed by atoms with Gasteiger partial charge in [-0.1, -0.05) is 11.8 Å². The summed E-state index contributed by atoms with van der Waals surface area (Å²) in [6.45, 7) is -0.188. The lowest BCUT2D eigenvalue weighted by Gasteiger charge is -2.17. The molecule has 0 bridgehead atoms. The maximum atomic E-state index is 13.0. The van der Waals surface area contributed by atoms with Gasteiger partial charge in [0.05, 0.1) is 6.54 Å². The van der Waals surface area contributed by atoms with E-state index in [4.69, 9.17) is 0 Å². The molecule has 2 aliphatic carbocycles. The number of ketones is 1. The average Bonchev–Trinajstić information content (AvgIpc) is 3.79. The van der Waals surface area contributed by atoms with Crippen LogP contribution in [0.15, 0.2) is 32.9 Å². The Morgan fingerprint density at radius 2 is 1.77 bits per heavy atom. The van der Waals surface area contributed by atoms with Crippen molar-refractivity contribution in [2.45, 2.75) is 43.8 Å². The lowest BCUT2D eigenvalue weighted by Crippen LogP contribution is -2.40. The molecule has 2 heterocycles. The summed E-state index contributed by atoms with van der Waals surface area (Å²) in [6.07, 6.45) is 4.72. The molecule has 3 aromatic rings. The zero-order chi connectivity index (χ0) is 28.9. The summed E-state index contributed by atoms with van der Waals surface area (Å²) in [5.74, 6) is 6.09. The second-order valence-electron chi connectivity index (χ2n) is 10.6. The molecule has 0 saturated heterocycles. The van der Waals surface area contributed by atoms with Gasteiger partial charge in [0.2, 0.25) is 20.9 Å². The molecule has 1 aromatic carbocycles. The molecular weight excluding hydrogens is 536 g/mol. The number of carbonyl (C=O) groups is 2. The van der Waals surface area contributed by atoms with Gasteiger partial charge in [-0.05, 0) is 49.4 Å². The summed E-state index contributed by atoms with van der Waals surface area (Å²) in [5, 5.41) is 3.93. The lowest BCUT2D eigenvalue weighted by atomic mass is 10.0. The fraction of sp³-hybridized carbons (Fsp3) is 0.444. The van der Waals surface area contributed by atoms with Crippen LogP contribution in [0.1, 0.15) is 36.8 Å². The van der Waals surface area contributed by atoms with Gasteiger partial charge in [-0.25, -0.2) is 17.9 Å². The van der Waals surface area contributed by atoms with Gasteiger partial charge in [0.1, 0.15) is 5.78 Å². The molecular formula is C27H30N6O6S. The minimum atomic E-state index is -3.85. The number of imidazole rings is 1. The first-order valence-corrected chi connectivity index (χ1v) is 14.8. The second kappa shape index (κ2) is 10.1. The standard InChI is InChI=1S/C27H30N6O6S/c1-30(2)33-22-23(29-26(33)40(4,38)39)32(27(37)31(3)25(22)36)11-5-6-16-12-17(15-21(34)18-7-8-18)14-20(13-16)28-24(35)19-9-10-19/h12-14,18-19H,7-11,15H2,1-4H3,(H,28,35). The predicted molar refractivity (Wildman–Crippen MR) is 149 cm³/mol. The summed E-state index contributed by atoms with van der Waals surface area (Å²) in [5.41, 5.74) is 0.265. The van der Waals surface area contributed by atoms with Crippen molar-refractivity contribution in [1.29, 1.82) is 0 Å². The van der Waals surface area contributed by atoms with Gasteiger partial charge >= 0.3 is 5.69 Å². The van der Waals surface area contributed by atoms with Crippen LogP contribution in [0.2, 0.25) is 0 Å². The van der Waals surface area contributed by atoms with Crippen molar-refractivity contribution >= 4 is 38.4 Å². The molecule has 0 radical (unpaired) electrons. The topological polar surface area (TPSA) is 145 Å². The number of benzene rings is 1. The van der Waals surface area contributed by atoms with Crippen LogP contribution in [0.3, 0.4) is 0 Å². The van der Waals surface area contributed by atoms with Crippen molar-refractivity contribution in [2.75, 3.05) is 30.7 Å². The van der Waals surface area contributed by atoms with Gasteiger partial charge in [0.15, 0.2) is 11.2 Å². The highest BCUT2D eigenvalue weighted by molar-refractivity contribution is 7.90. The van der Waals surface area contributed by atoms with Crippen molar-refractivity contribution < 1.29 is 18.0 Å². The molecule has 1 N–H and O–H groups in total. The third-order valence-electron chi connectivity index (χ3n) is 6.91. The zero-order valence-electron chi connectivity index (χ0n) is 22.7. The molecule has 40 heavy (non-hydrogen) atoms. The fourth-order valence-electron chi connectivity index (χ4n) is 4.53. The molecule has 0 spiro atoms. The van der Waals surface area contributed by atoms with Crippen LogP contribution < -0.4 is 21.6 Å². The normalized spacial score (nSPS) is 15.0. The number of sulfone groups is 1. The summed E-state index contributed by atoms with van der Waals surface area (Å²) >= 11 is 0. The van der Waals surface area contributed by atoms with E-state index in [1.807, 2.05) is 0 Å². The summed E-state index contributed by atoms with van der Waals surface area (Å²) in [7, 11) is 0.575. The third kappa shape index (κ3) is 5.44. The van der Waals surface area contributed by atoms with Crippen LogP contribution >= 0.6 is 0 Å². The van der Waals surface area contributed by atoms with Crippen LogP contribution in [0.25, 0.3) is 11.2 Å². The Kier molecular flexibility index (Phi) is 6.91. The van der Waals surface area contributed by atoms with Crippen LogP contribution in [0, 0.1) is 23.7 Å². The summed E-state index contributed by atoms with van der Waals surface area (Å²) in [6, 6.07) is 5.27. The van der Waals surface area contributed by atoms with Gasteiger partial charge in [-0.3, -0.25) is 23.5 Å². The van der Waals surface area contributed by atoms with Gasteiger partial charge in [0, 0.05) is 56.9 Å². The second-order valence-corrected chi connectivity index (χ2v) is 12.5. The SMILES string of the molecule is CN(C)n1c(S(C)(=O)=O)nc2c1c(=O)n(C)c(=O)n2CC#Cc1cc(CC(=O)C2CC2)cc(NC(=O)C2CC2)c1. The van der Waals surface area contributed by atoms with E-state index in [1.54, 1.807) is 32.3 Å². The van der Waals surface area contributed by atoms with E-state index in [-0.39, 0.29) is 52.8 Å². The quantitative estimate of drug-likeness (QED) is 0.386. The maximum Gasteiger partial charge on any atom is 0.333 e. The molecule has 0 unspecified atom stereocenters. The van der Waals surface area contributed by atoms with Crippen LogP contribution in [0.4, 0.5) is 5.69 Å². The van der Waals surface area contributed by atoms with Crippen molar-refractivity contribution in [3.05, 3.63) is 50.2 Å². The Morgan fingerprint density at radius 3 is 2.38 bits per heavy atom. The molecule has 2 fully saturated rings. The number of hydrogen-bond acceptors (Lipinski definition) is 8. The maximum absolute atomic E-state index is 13.0. The molecule has 1 amide bonds. The largest absolute Gasteiger partial charge is 0.333 e. The van der Waals surface area contributed by atoms with Gasteiger partial charge in [-0.2, -0.15) is 4.98 Å². The van der Waals surface area contributed by atoms with E-state index in [0.717, 1.165) is 51.3 Å². The molecule has 2 aromatic heterocycles. The fourth-order valence-corrected chi connectivity index (χ4v) is 5.35. The van der Waals surface area contributed by atoms with Crippen molar-refractivity contribution in [3.8, 4) is 11.8 Å². The number of Topliss-reactive ketones (excluding diaryl/α,β-unsaturated/α-hetero) is 1. The first-order valence-electron chi connectivity index (χ1n) is 12.9. The Hall–Kier alpha value is -4.18. The lowest BCUT2D eigenvalue weighted by molar-refractivity contribution is -0.119. The van der Waals surface area contributed by atoms with Gasteiger partial charge in [-0.15, -0.1) is 0 Å². The van der Waals surface area contributed by atoms with Crippen molar-refractivity contribution in [2.24, 2.45) is 18.9 Å². The highest BCUT2D eigenvalue weighted by Gasteiger charge is 2.31. The Morgan fingerprint density at radius 1 is 1.10 bits per heavy atom. The number of carbonyl (C=O) groups excluding carboxylic acids is 2. The van der Waals surface area contributed by atoms with Crippen LogP contribution in [-0.4, -0.2) is 59.3 Å². The zero-order valence-corrected chi connectivity index (χ0v) is 23.5. The Labute approximate surface area is 230 Å². The smallest absolute Gasteiger partial charge is 0.326 e. The minimum absolute atomic E-state index is 0.00379. The van der Waals surface area contributed by atoms with E-state index < -0.39 is 21.1 Å². The van der Waals surface area contributed by atoms with Crippen LogP contribution in [0.5, 0.6) is 0 Å². The molecule has 5 rings (SSSR count). The molecule has 0 aliphatic heterocycles. The highest BCUT2D eigenvalue weighted by Crippen LogP contribution is 2.32. The first kappa shape index (κ1) is 27.4. The minimum Gasteiger partial charge on any atom is -0.326 e. The number of nitrogens with zero attached hydrogens (tertiary/aromatic N) is 5. The third-order valence-corrected chi connectivity index (χ3v) is 7.84. The molecule has 0 atom stereocenters. The van der Waals surface area contributed by atoms with E-state index in [0.29, 0.717) is 11.3 Å². The van der Waals surface area contributed by atoms with Gasteiger partial charge in [0.25, 0.3) is 5.56 Å². The Balaban J connectivity index is 1.54. The molecule has 2 saturated carbocycles. The highest BCUT2D eigenvalue weighted by atomic mass is 32.2. The van der Waals surface area contributed by atoms with E-state index >= 15 is 0 Å². The number of amides is 1.